The lowest BCUT2D eigenvalue weighted by atomic mass is 10.2. The number of hydrogen-bond acceptors (Lipinski definition) is 5. The van der Waals surface area contributed by atoms with Crippen molar-refractivity contribution in [1.82, 2.24) is 24.9 Å². The third kappa shape index (κ3) is 2.49. The lowest BCUT2D eigenvalue weighted by molar-refractivity contribution is 0.0891. The van der Waals surface area contributed by atoms with E-state index in [-0.39, 0.29) is 18.3 Å². The zero-order valence-corrected chi connectivity index (χ0v) is 11.5. The van der Waals surface area contributed by atoms with Gasteiger partial charge in [0.05, 0.1) is 6.10 Å². The van der Waals surface area contributed by atoms with Crippen LogP contribution in [0.15, 0.2) is 6.07 Å². The highest BCUT2D eigenvalue weighted by Crippen LogP contribution is 2.32. The summed E-state index contributed by atoms with van der Waals surface area (Å²) in [5.74, 6) is 0.438. The molecule has 1 fully saturated rings. The van der Waals surface area contributed by atoms with Crippen LogP contribution >= 0.6 is 0 Å². The molecule has 7 nitrogen and oxygen atoms in total. The lowest BCUT2D eigenvalue weighted by Gasteiger charge is -2.08. The van der Waals surface area contributed by atoms with Crippen molar-refractivity contribution in [2.45, 2.75) is 32.8 Å². The monoisotopic (exact) mass is 275 g/mol. The van der Waals surface area contributed by atoms with E-state index in [0.717, 1.165) is 24.2 Å². The average molecular weight is 275 g/mol. The van der Waals surface area contributed by atoms with E-state index >= 15 is 0 Å². The van der Waals surface area contributed by atoms with Crippen LogP contribution < -0.4 is 5.32 Å². The first-order valence-electron chi connectivity index (χ1n) is 6.72. The molecule has 0 radical (unpaired) electrons. The average Bonchev–Trinajstić information content (AvgIpc) is 3.15. The van der Waals surface area contributed by atoms with Crippen molar-refractivity contribution in [3.05, 3.63) is 23.3 Å². The second kappa shape index (κ2) is 4.82. The molecule has 20 heavy (non-hydrogen) atoms. The van der Waals surface area contributed by atoms with Gasteiger partial charge in [0.25, 0.3) is 11.7 Å². The number of nitrogens with one attached hydrogen (secondary N) is 1. The van der Waals surface area contributed by atoms with E-state index in [1.807, 2.05) is 19.9 Å². The summed E-state index contributed by atoms with van der Waals surface area (Å²) < 4.78 is 1.54. The van der Waals surface area contributed by atoms with Crippen molar-refractivity contribution < 1.29 is 9.90 Å². The first-order chi connectivity index (χ1) is 9.54. The Morgan fingerprint density at radius 1 is 1.50 bits per heavy atom. The molecular formula is C13H17N5O2. The predicted octanol–water partition coefficient (Wildman–Crippen LogP) is 0.242. The lowest BCUT2D eigenvalue weighted by Crippen LogP contribution is -2.33. The van der Waals surface area contributed by atoms with E-state index in [1.165, 1.54) is 0 Å². The Kier molecular flexibility index (Phi) is 3.13. The number of carbonyl (C=O) groups is 1. The Bertz CT molecular complexity index is 662. The molecule has 1 aliphatic carbocycles. The fourth-order valence-corrected chi connectivity index (χ4v) is 2.19. The Labute approximate surface area is 116 Å². The van der Waals surface area contributed by atoms with E-state index in [0.29, 0.717) is 11.7 Å². The summed E-state index contributed by atoms with van der Waals surface area (Å²) in [7, 11) is 0. The second-order valence-electron chi connectivity index (χ2n) is 5.30. The Morgan fingerprint density at radius 3 is 2.95 bits per heavy atom. The molecular weight excluding hydrogens is 258 g/mol. The van der Waals surface area contributed by atoms with Crippen LogP contribution in [0.1, 0.15) is 34.8 Å². The van der Waals surface area contributed by atoms with Crippen LogP contribution in [-0.2, 0) is 0 Å². The molecule has 1 amide bonds. The first-order valence-corrected chi connectivity index (χ1v) is 6.72. The van der Waals surface area contributed by atoms with E-state index < -0.39 is 6.10 Å². The summed E-state index contributed by atoms with van der Waals surface area (Å²) in [5, 5.41) is 16.5. The molecule has 1 saturated carbocycles. The van der Waals surface area contributed by atoms with Crippen LogP contribution in [0.5, 0.6) is 0 Å². The molecule has 2 aromatic rings. The van der Waals surface area contributed by atoms with Crippen molar-refractivity contribution >= 4 is 11.7 Å². The van der Waals surface area contributed by atoms with E-state index in [4.69, 9.17) is 0 Å². The van der Waals surface area contributed by atoms with Crippen molar-refractivity contribution in [3.63, 3.8) is 0 Å². The molecule has 0 aliphatic heterocycles. The quantitative estimate of drug-likeness (QED) is 0.834. The van der Waals surface area contributed by atoms with Gasteiger partial charge >= 0.3 is 0 Å². The summed E-state index contributed by atoms with van der Waals surface area (Å²) in [6.45, 7) is 3.99. The number of aryl methyl sites for hydroxylation is 2. The molecule has 7 heteroatoms. The van der Waals surface area contributed by atoms with Gasteiger partial charge in [-0.1, -0.05) is 0 Å². The number of hydrogen-bond donors (Lipinski definition) is 2. The number of aliphatic hydroxyl groups is 1. The molecule has 106 valence electrons. The normalized spacial score (nSPS) is 16.4. The van der Waals surface area contributed by atoms with Crippen LogP contribution in [-0.4, -0.2) is 43.2 Å². The number of aromatic nitrogens is 4. The van der Waals surface area contributed by atoms with Gasteiger partial charge in [-0.05, 0) is 38.7 Å². The minimum absolute atomic E-state index is 0.0780. The molecule has 1 unspecified atom stereocenters. The van der Waals surface area contributed by atoms with Crippen molar-refractivity contribution in [2.75, 3.05) is 6.54 Å². The standard InChI is InChI=1S/C13H17N5O2/c1-7-5-8(2)18-13(15-7)16-11(17-18)12(20)14-6-10(19)9-3-4-9/h5,9-10,19H,3-4,6H2,1-2H3,(H,14,20). The van der Waals surface area contributed by atoms with Crippen LogP contribution in [0, 0.1) is 19.8 Å². The van der Waals surface area contributed by atoms with Gasteiger partial charge in [-0.25, -0.2) is 9.50 Å². The maximum absolute atomic E-state index is 12.0. The Balaban J connectivity index is 1.75. The van der Waals surface area contributed by atoms with Gasteiger partial charge in [0.2, 0.25) is 5.82 Å². The van der Waals surface area contributed by atoms with Gasteiger partial charge in [-0.3, -0.25) is 4.79 Å². The fraction of sp³-hybridized carbons (Fsp3) is 0.538. The SMILES string of the molecule is Cc1cc(C)n2nc(C(=O)NCC(O)C3CC3)nc2n1. The molecule has 0 saturated heterocycles. The molecule has 1 aliphatic rings. The van der Waals surface area contributed by atoms with Crippen LogP contribution in [0.3, 0.4) is 0 Å². The second-order valence-corrected chi connectivity index (χ2v) is 5.30. The zero-order valence-electron chi connectivity index (χ0n) is 11.5. The minimum Gasteiger partial charge on any atom is -0.391 e. The van der Waals surface area contributed by atoms with E-state index in [2.05, 4.69) is 20.4 Å². The van der Waals surface area contributed by atoms with Gasteiger partial charge < -0.3 is 10.4 Å². The summed E-state index contributed by atoms with van der Waals surface area (Å²) >= 11 is 0. The van der Waals surface area contributed by atoms with Gasteiger partial charge in [-0.2, -0.15) is 4.98 Å². The number of amides is 1. The molecule has 2 N–H and O–H groups in total. The number of carbonyl (C=O) groups excluding carboxylic acids is 1. The molecule has 0 bridgehead atoms. The predicted molar refractivity (Wildman–Crippen MR) is 71.3 cm³/mol. The van der Waals surface area contributed by atoms with Crippen LogP contribution in [0.4, 0.5) is 0 Å². The number of fused-ring (bicyclic) bond motifs is 1. The number of aliphatic hydroxyl groups excluding tert-OH is 1. The zero-order chi connectivity index (χ0) is 14.3. The largest absolute Gasteiger partial charge is 0.391 e. The summed E-state index contributed by atoms with van der Waals surface area (Å²) in [6.07, 6.45) is 1.59. The Morgan fingerprint density at radius 2 is 2.25 bits per heavy atom. The number of nitrogens with zero attached hydrogens (tertiary/aromatic N) is 4. The third-order valence-corrected chi connectivity index (χ3v) is 3.46. The topological polar surface area (TPSA) is 92.4 Å². The highest BCUT2D eigenvalue weighted by molar-refractivity contribution is 5.90. The van der Waals surface area contributed by atoms with Gasteiger partial charge in [0.1, 0.15) is 0 Å². The summed E-state index contributed by atoms with van der Waals surface area (Å²) in [5.41, 5.74) is 1.70. The van der Waals surface area contributed by atoms with E-state index in [1.54, 1.807) is 4.52 Å². The Hall–Kier alpha value is -2.02. The smallest absolute Gasteiger partial charge is 0.291 e. The van der Waals surface area contributed by atoms with Crippen molar-refractivity contribution in [2.24, 2.45) is 5.92 Å². The van der Waals surface area contributed by atoms with Crippen molar-refractivity contribution in [3.8, 4) is 0 Å². The highest BCUT2D eigenvalue weighted by Gasteiger charge is 2.30. The van der Waals surface area contributed by atoms with Gasteiger partial charge in [-0.15, -0.1) is 5.10 Å². The molecule has 2 aromatic heterocycles. The van der Waals surface area contributed by atoms with Gasteiger partial charge in [0.15, 0.2) is 0 Å². The van der Waals surface area contributed by atoms with Gasteiger partial charge in [0, 0.05) is 17.9 Å². The molecule has 0 aromatic carbocycles. The molecule has 2 heterocycles. The minimum atomic E-state index is -0.474. The summed E-state index contributed by atoms with van der Waals surface area (Å²) in [4.78, 5) is 20.3. The first kappa shape index (κ1) is 13.0. The van der Waals surface area contributed by atoms with E-state index in [9.17, 15) is 9.90 Å². The molecule has 0 spiro atoms. The highest BCUT2D eigenvalue weighted by atomic mass is 16.3. The maximum Gasteiger partial charge on any atom is 0.291 e. The molecule has 1 atom stereocenters. The maximum atomic E-state index is 12.0. The third-order valence-electron chi connectivity index (χ3n) is 3.46. The van der Waals surface area contributed by atoms with Crippen LogP contribution in [0.2, 0.25) is 0 Å². The number of rotatable bonds is 4. The van der Waals surface area contributed by atoms with Crippen LogP contribution in [0.25, 0.3) is 5.78 Å². The molecule has 3 rings (SSSR count). The van der Waals surface area contributed by atoms with Crippen molar-refractivity contribution in [1.29, 1.82) is 0 Å². The summed E-state index contributed by atoms with van der Waals surface area (Å²) in [6, 6.07) is 1.88. The fourth-order valence-electron chi connectivity index (χ4n) is 2.19.